The maximum Gasteiger partial charge on any atom is 0.195 e. The van der Waals surface area contributed by atoms with Crippen LogP contribution in [0.1, 0.15) is 11.0 Å². The molecule has 20 heavy (non-hydrogen) atoms. The van der Waals surface area contributed by atoms with Crippen LogP contribution in [0.15, 0.2) is 35.3 Å². The highest BCUT2D eigenvalue weighted by molar-refractivity contribution is 7.19. The van der Waals surface area contributed by atoms with Gasteiger partial charge in [0.2, 0.25) is 0 Å². The first-order chi connectivity index (χ1) is 9.49. The van der Waals surface area contributed by atoms with Crippen molar-refractivity contribution in [3.05, 3.63) is 35.2 Å². The summed E-state index contributed by atoms with van der Waals surface area (Å²) in [7, 11) is 7.80. The van der Waals surface area contributed by atoms with Crippen molar-refractivity contribution in [2.75, 3.05) is 34.7 Å². The molecular formula is C15H21N3OS. The van der Waals surface area contributed by atoms with E-state index in [4.69, 9.17) is 0 Å². The minimum atomic E-state index is -0.553. The summed E-state index contributed by atoms with van der Waals surface area (Å²) in [6.45, 7) is 0.374. The van der Waals surface area contributed by atoms with Crippen LogP contribution in [0, 0.1) is 0 Å². The van der Waals surface area contributed by atoms with Gasteiger partial charge in [-0.2, -0.15) is 0 Å². The van der Waals surface area contributed by atoms with E-state index >= 15 is 0 Å². The number of aliphatic hydroxyl groups excluding tert-OH is 1. The Kier molecular flexibility index (Phi) is 4.62. The lowest BCUT2D eigenvalue weighted by Gasteiger charge is -2.23. The summed E-state index contributed by atoms with van der Waals surface area (Å²) in [5.74, 6) is 0.852. The molecule has 1 heterocycles. The number of fused-ring (bicyclic) bond motifs is 1. The largest absolute Gasteiger partial charge is 0.386 e. The van der Waals surface area contributed by atoms with Gasteiger partial charge in [-0.25, -0.2) is 4.99 Å². The zero-order valence-electron chi connectivity index (χ0n) is 12.4. The van der Waals surface area contributed by atoms with Gasteiger partial charge in [-0.05, 0) is 17.5 Å². The Morgan fingerprint density at radius 2 is 1.85 bits per heavy atom. The van der Waals surface area contributed by atoms with Gasteiger partial charge in [0.1, 0.15) is 6.10 Å². The highest BCUT2D eigenvalue weighted by atomic mass is 32.1. The minimum absolute atomic E-state index is 0.374. The molecule has 1 aromatic carbocycles. The molecule has 1 aromatic heterocycles. The van der Waals surface area contributed by atoms with E-state index in [1.807, 2.05) is 56.2 Å². The van der Waals surface area contributed by atoms with Gasteiger partial charge < -0.3 is 14.9 Å². The standard InChI is InChI=1S/C15H21N3OS/c1-17(2)15(18(3)4)16-10-12(19)14-9-11-7-5-6-8-13(11)20-14/h5-9,12,19H,10H2,1-4H3. The fraction of sp³-hybridized carbons (Fsp3) is 0.400. The first-order valence-corrected chi connectivity index (χ1v) is 7.36. The zero-order valence-corrected chi connectivity index (χ0v) is 13.2. The second-order valence-corrected chi connectivity index (χ2v) is 6.25. The molecule has 1 N–H and O–H groups in total. The van der Waals surface area contributed by atoms with Crippen molar-refractivity contribution in [2.24, 2.45) is 4.99 Å². The van der Waals surface area contributed by atoms with Crippen LogP contribution in [0.5, 0.6) is 0 Å². The average Bonchev–Trinajstić information content (AvgIpc) is 2.81. The third-order valence-corrected chi connectivity index (χ3v) is 4.20. The Balaban J connectivity index is 2.15. The summed E-state index contributed by atoms with van der Waals surface area (Å²) in [6, 6.07) is 10.2. The lowest BCUT2D eigenvalue weighted by Crippen LogP contribution is -2.35. The number of aliphatic imine (C=N–C) groups is 1. The number of guanidine groups is 1. The van der Waals surface area contributed by atoms with E-state index in [1.54, 1.807) is 11.3 Å². The highest BCUT2D eigenvalue weighted by Crippen LogP contribution is 2.29. The predicted octanol–water partition coefficient (Wildman–Crippen LogP) is 2.41. The van der Waals surface area contributed by atoms with Crippen molar-refractivity contribution in [1.29, 1.82) is 0 Å². The van der Waals surface area contributed by atoms with E-state index in [0.29, 0.717) is 6.54 Å². The summed E-state index contributed by atoms with van der Waals surface area (Å²) in [4.78, 5) is 9.34. The van der Waals surface area contributed by atoms with Crippen molar-refractivity contribution in [3.63, 3.8) is 0 Å². The van der Waals surface area contributed by atoms with Gasteiger partial charge >= 0.3 is 0 Å². The molecule has 1 unspecified atom stereocenters. The number of aliphatic hydroxyl groups is 1. The van der Waals surface area contributed by atoms with Gasteiger partial charge in [0.25, 0.3) is 0 Å². The number of hydrogen-bond donors (Lipinski definition) is 1. The van der Waals surface area contributed by atoms with Crippen LogP contribution in [-0.4, -0.2) is 55.6 Å². The summed E-state index contributed by atoms with van der Waals surface area (Å²) in [5.41, 5.74) is 0. The van der Waals surface area contributed by atoms with Crippen molar-refractivity contribution in [1.82, 2.24) is 9.80 Å². The predicted molar refractivity (Wildman–Crippen MR) is 86.5 cm³/mol. The lowest BCUT2D eigenvalue weighted by molar-refractivity contribution is 0.190. The normalized spacial score (nSPS) is 12.2. The van der Waals surface area contributed by atoms with Gasteiger partial charge in [-0.3, -0.25) is 0 Å². The molecule has 0 bridgehead atoms. The molecule has 2 rings (SSSR count). The summed E-state index contributed by atoms with van der Waals surface area (Å²) in [5, 5.41) is 11.5. The minimum Gasteiger partial charge on any atom is -0.386 e. The van der Waals surface area contributed by atoms with Gasteiger partial charge in [0.15, 0.2) is 5.96 Å². The van der Waals surface area contributed by atoms with Crippen LogP contribution in [0.4, 0.5) is 0 Å². The molecule has 0 saturated carbocycles. The first-order valence-electron chi connectivity index (χ1n) is 6.54. The van der Waals surface area contributed by atoms with Gasteiger partial charge in [0, 0.05) is 37.8 Å². The quantitative estimate of drug-likeness (QED) is 0.697. The van der Waals surface area contributed by atoms with E-state index in [2.05, 4.69) is 17.1 Å². The van der Waals surface area contributed by atoms with Crippen LogP contribution < -0.4 is 0 Å². The zero-order chi connectivity index (χ0) is 14.7. The number of rotatable bonds is 3. The van der Waals surface area contributed by atoms with E-state index < -0.39 is 6.10 Å². The van der Waals surface area contributed by atoms with E-state index in [9.17, 15) is 5.11 Å². The SMILES string of the molecule is CN(C)C(=NCC(O)c1cc2ccccc2s1)N(C)C. The Morgan fingerprint density at radius 3 is 2.45 bits per heavy atom. The molecule has 0 aliphatic carbocycles. The van der Waals surface area contributed by atoms with Crippen LogP contribution >= 0.6 is 11.3 Å². The van der Waals surface area contributed by atoms with E-state index in [1.165, 1.54) is 10.1 Å². The van der Waals surface area contributed by atoms with E-state index in [0.717, 1.165) is 10.8 Å². The fourth-order valence-corrected chi connectivity index (χ4v) is 3.15. The Morgan fingerprint density at radius 1 is 1.20 bits per heavy atom. The van der Waals surface area contributed by atoms with E-state index in [-0.39, 0.29) is 0 Å². The van der Waals surface area contributed by atoms with Crippen molar-refractivity contribution in [2.45, 2.75) is 6.10 Å². The van der Waals surface area contributed by atoms with Gasteiger partial charge in [0.05, 0.1) is 6.54 Å². The molecule has 2 aromatic rings. The third kappa shape index (κ3) is 3.29. The third-order valence-electron chi connectivity index (χ3n) is 2.98. The summed E-state index contributed by atoms with van der Waals surface area (Å²) < 4.78 is 1.20. The molecule has 0 saturated heterocycles. The average molecular weight is 291 g/mol. The molecular weight excluding hydrogens is 270 g/mol. The monoisotopic (exact) mass is 291 g/mol. The molecule has 1 atom stereocenters. The van der Waals surface area contributed by atoms with Crippen LogP contribution in [-0.2, 0) is 0 Å². The Hall–Kier alpha value is -1.59. The van der Waals surface area contributed by atoms with Crippen molar-refractivity contribution < 1.29 is 5.11 Å². The van der Waals surface area contributed by atoms with Crippen LogP contribution in [0.3, 0.4) is 0 Å². The summed E-state index contributed by atoms with van der Waals surface area (Å²) >= 11 is 1.63. The fourth-order valence-electron chi connectivity index (χ4n) is 2.11. The molecule has 4 nitrogen and oxygen atoms in total. The second kappa shape index (κ2) is 6.24. The van der Waals surface area contributed by atoms with Gasteiger partial charge in [-0.15, -0.1) is 11.3 Å². The molecule has 0 fully saturated rings. The number of nitrogens with zero attached hydrogens (tertiary/aromatic N) is 3. The lowest BCUT2D eigenvalue weighted by atomic mass is 10.2. The second-order valence-electron chi connectivity index (χ2n) is 5.13. The topological polar surface area (TPSA) is 39.1 Å². The van der Waals surface area contributed by atoms with Crippen molar-refractivity contribution >= 4 is 27.4 Å². The number of benzene rings is 1. The molecule has 0 amide bonds. The molecule has 0 spiro atoms. The molecule has 0 radical (unpaired) electrons. The Bertz CT molecular complexity index is 561. The highest BCUT2D eigenvalue weighted by Gasteiger charge is 2.12. The number of hydrogen-bond acceptors (Lipinski definition) is 3. The van der Waals surface area contributed by atoms with Crippen LogP contribution in [0.2, 0.25) is 0 Å². The van der Waals surface area contributed by atoms with Crippen LogP contribution in [0.25, 0.3) is 10.1 Å². The molecule has 0 aliphatic heterocycles. The molecule has 108 valence electrons. The van der Waals surface area contributed by atoms with Crippen molar-refractivity contribution in [3.8, 4) is 0 Å². The molecule has 5 heteroatoms. The molecule has 0 aliphatic rings. The maximum atomic E-state index is 10.3. The van der Waals surface area contributed by atoms with Gasteiger partial charge in [-0.1, -0.05) is 18.2 Å². The number of thiophene rings is 1. The Labute approximate surface area is 124 Å². The first kappa shape index (κ1) is 14.8. The maximum absolute atomic E-state index is 10.3. The summed E-state index contributed by atoms with van der Waals surface area (Å²) in [6.07, 6.45) is -0.553. The smallest absolute Gasteiger partial charge is 0.195 e.